The third-order valence-corrected chi connectivity index (χ3v) is 6.38. The van der Waals surface area contributed by atoms with Crippen LogP contribution in [0.5, 0.6) is 5.75 Å². The van der Waals surface area contributed by atoms with Crippen molar-refractivity contribution in [2.45, 2.75) is 19.3 Å². The van der Waals surface area contributed by atoms with Gasteiger partial charge in [0.2, 0.25) is 0 Å². The number of anilines is 2. The molecule has 6 nitrogen and oxygen atoms in total. The number of nitrogens with zero attached hydrogens (tertiary/aromatic N) is 2. The number of hydrogen-bond donors (Lipinski definition) is 3. The molecule has 0 spiro atoms. The number of halogens is 3. The maximum atomic E-state index is 15.8. The summed E-state index contributed by atoms with van der Waals surface area (Å²) >= 11 is 0. The second-order valence-corrected chi connectivity index (χ2v) is 8.68. The lowest BCUT2D eigenvalue weighted by Gasteiger charge is -2.20. The lowest BCUT2D eigenvalue weighted by molar-refractivity contribution is 0.383. The van der Waals surface area contributed by atoms with Gasteiger partial charge in [0.25, 0.3) is 0 Å². The normalized spacial score (nSPS) is 12.1. The number of rotatable bonds is 6. The van der Waals surface area contributed by atoms with Crippen molar-refractivity contribution in [3.63, 3.8) is 0 Å². The first-order chi connectivity index (χ1) is 17.8. The van der Waals surface area contributed by atoms with E-state index in [-0.39, 0.29) is 34.2 Å². The van der Waals surface area contributed by atoms with Crippen LogP contribution in [0.1, 0.15) is 35.5 Å². The molecule has 0 amide bonds. The standard InChI is InChI=1S/C28H24F3N5O/c1-3-14-9-19(26(31)23(10-14)37-2)24(21-12-15-11-16(32)7-8-17(15)27(33)35-21)28-34-13-22(36-28)18-5-4-6-20(29)25(18)30/h4-13,24H,3,32H2,1-2H3,(H2,33,35)(H,34,36). The molecule has 5 N–H and O–H groups in total. The van der Waals surface area contributed by atoms with Crippen molar-refractivity contribution in [3.8, 4) is 17.0 Å². The summed E-state index contributed by atoms with van der Waals surface area (Å²) in [7, 11) is 1.39. The summed E-state index contributed by atoms with van der Waals surface area (Å²) in [5.74, 6) is -2.90. The maximum absolute atomic E-state index is 15.8. The highest BCUT2D eigenvalue weighted by atomic mass is 19.2. The van der Waals surface area contributed by atoms with Crippen molar-refractivity contribution in [1.29, 1.82) is 0 Å². The highest BCUT2D eigenvalue weighted by Gasteiger charge is 2.28. The molecule has 0 aliphatic rings. The Morgan fingerprint density at radius 2 is 1.81 bits per heavy atom. The average Bonchev–Trinajstić information content (AvgIpc) is 3.36. The summed E-state index contributed by atoms with van der Waals surface area (Å²) in [6, 6.07) is 14.2. The Kier molecular flexibility index (Phi) is 6.20. The molecule has 37 heavy (non-hydrogen) atoms. The van der Waals surface area contributed by atoms with Gasteiger partial charge in [-0.2, -0.15) is 0 Å². The molecule has 0 saturated heterocycles. The summed E-state index contributed by atoms with van der Waals surface area (Å²) in [5.41, 5.74) is 14.5. The number of fused-ring (bicyclic) bond motifs is 1. The molecule has 2 aromatic heterocycles. The monoisotopic (exact) mass is 503 g/mol. The Morgan fingerprint density at radius 1 is 1.00 bits per heavy atom. The molecular weight excluding hydrogens is 479 g/mol. The Hall–Kier alpha value is -4.53. The fourth-order valence-electron chi connectivity index (χ4n) is 4.49. The van der Waals surface area contributed by atoms with Gasteiger partial charge in [-0.15, -0.1) is 0 Å². The molecule has 5 aromatic rings. The quantitative estimate of drug-likeness (QED) is 0.248. The lowest BCUT2D eigenvalue weighted by atomic mass is 9.90. The van der Waals surface area contributed by atoms with Crippen LogP contribution >= 0.6 is 0 Å². The predicted molar refractivity (Wildman–Crippen MR) is 138 cm³/mol. The molecule has 1 atom stereocenters. The number of pyridine rings is 1. The molecule has 0 bridgehead atoms. The van der Waals surface area contributed by atoms with Gasteiger partial charge in [-0.25, -0.2) is 23.1 Å². The molecule has 0 radical (unpaired) electrons. The number of aromatic nitrogens is 3. The van der Waals surface area contributed by atoms with E-state index in [1.54, 1.807) is 36.4 Å². The van der Waals surface area contributed by atoms with Crippen LogP contribution in [0.3, 0.4) is 0 Å². The molecule has 3 aromatic carbocycles. The number of nitrogens with one attached hydrogen (secondary N) is 1. The molecule has 9 heteroatoms. The molecule has 5 rings (SSSR count). The molecule has 0 aliphatic heterocycles. The Labute approximate surface area is 211 Å². The topological polar surface area (TPSA) is 103 Å². The van der Waals surface area contributed by atoms with E-state index in [0.29, 0.717) is 23.2 Å². The summed E-state index contributed by atoms with van der Waals surface area (Å²) in [6.45, 7) is 1.94. The zero-order valence-electron chi connectivity index (χ0n) is 20.1. The van der Waals surface area contributed by atoms with Gasteiger partial charge in [-0.1, -0.05) is 19.1 Å². The number of imidazole rings is 1. The minimum Gasteiger partial charge on any atom is -0.494 e. The van der Waals surface area contributed by atoms with Crippen molar-refractivity contribution in [3.05, 3.63) is 101 Å². The van der Waals surface area contributed by atoms with Crippen LogP contribution in [-0.2, 0) is 6.42 Å². The second-order valence-electron chi connectivity index (χ2n) is 8.68. The van der Waals surface area contributed by atoms with Crippen LogP contribution in [0.15, 0.2) is 60.8 Å². The number of nitrogen functional groups attached to an aromatic ring is 2. The number of methoxy groups -OCH3 is 1. The lowest BCUT2D eigenvalue weighted by Crippen LogP contribution is -2.12. The first-order valence-electron chi connectivity index (χ1n) is 11.6. The van der Waals surface area contributed by atoms with E-state index in [9.17, 15) is 8.78 Å². The third-order valence-electron chi connectivity index (χ3n) is 6.38. The molecule has 1 unspecified atom stereocenters. The minimum atomic E-state index is -1.02. The number of aromatic amines is 1. The first-order valence-corrected chi connectivity index (χ1v) is 11.6. The van der Waals surface area contributed by atoms with Gasteiger partial charge < -0.3 is 21.2 Å². The van der Waals surface area contributed by atoms with Crippen molar-refractivity contribution >= 4 is 22.3 Å². The van der Waals surface area contributed by atoms with E-state index in [2.05, 4.69) is 15.0 Å². The van der Waals surface area contributed by atoms with Crippen LogP contribution in [0.4, 0.5) is 24.7 Å². The third kappa shape index (κ3) is 4.33. The minimum absolute atomic E-state index is 0.00313. The fourth-order valence-corrected chi connectivity index (χ4v) is 4.49. The van der Waals surface area contributed by atoms with Crippen molar-refractivity contribution in [1.82, 2.24) is 15.0 Å². The van der Waals surface area contributed by atoms with Crippen LogP contribution in [0.2, 0.25) is 0 Å². The van der Waals surface area contributed by atoms with Gasteiger partial charge in [0.15, 0.2) is 23.2 Å². The smallest absolute Gasteiger partial charge is 0.169 e. The number of aryl methyl sites for hydroxylation is 1. The zero-order valence-corrected chi connectivity index (χ0v) is 20.1. The van der Waals surface area contributed by atoms with Crippen LogP contribution in [0.25, 0.3) is 22.0 Å². The summed E-state index contributed by atoms with van der Waals surface area (Å²) < 4.78 is 49.5. The molecule has 0 saturated carbocycles. The Bertz CT molecular complexity index is 1630. The zero-order chi connectivity index (χ0) is 26.3. The predicted octanol–water partition coefficient (Wildman–Crippen LogP) is 5.96. The maximum Gasteiger partial charge on any atom is 0.169 e. The van der Waals surface area contributed by atoms with Crippen LogP contribution in [-0.4, -0.2) is 22.1 Å². The van der Waals surface area contributed by atoms with E-state index >= 15 is 4.39 Å². The van der Waals surface area contributed by atoms with Gasteiger partial charge in [-0.3, -0.25) is 0 Å². The summed E-state index contributed by atoms with van der Waals surface area (Å²) in [4.78, 5) is 12.1. The van der Waals surface area contributed by atoms with E-state index < -0.39 is 23.4 Å². The van der Waals surface area contributed by atoms with Crippen molar-refractivity contribution in [2.24, 2.45) is 0 Å². The average molecular weight is 504 g/mol. The van der Waals surface area contributed by atoms with Crippen molar-refractivity contribution < 1.29 is 17.9 Å². The highest BCUT2D eigenvalue weighted by Crippen LogP contribution is 2.38. The highest BCUT2D eigenvalue weighted by molar-refractivity contribution is 5.93. The van der Waals surface area contributed by atoms with E-state index in [1.165, 1.54) is 25.4 Å². The molecule has 188 valence electrons. The number of H-pyrrole nitrogens is 1. The largest absolute Gasteiger partial charge is 0.494 e. The molecule has 0 aliphatic carbocycles. The van der Waals surface area contributed by atoms with E-state index in [4.69, 9.17) is 16.2 Å². The first kappa shape index (κ1) is 24.2. The van der Waals surface area contributed by atoms with Gasteiger partial charge >= 0.3 is 0 Å². The van der Waals surface area contributed by atoms with E-state index in [1.807, 2.05) is 6.92 Å². The molecule has 0 fully saturated rings. The molecular formula is C28H24F3N5O. The summed E-state index contributed by atoms with van der Waals surface area (Å²) in [5, 5.41) is 1.41. The van der Waals surface area contributed by atoms with Crippen LogP contribution < -0.4 is 16.2 Å². The van der Waals surface area contributed by atoms with Crippen LogP contribution in [0, 0.1) is 17.5 Å². The number of benzene rings is 3. The second kappa shape index (κ2) is 9.50. The SMILES string of the molecule is CCc1cc(OC)c(F)c(C(c2cc3cc(N)ccc3c(N)n2)c2ncc(-c3cccc(F)c3F)[nH]2)c1. The van der Waals surface area contributed by atoms with Gasteiger partial charge in [0, 0.05) is 22.2 Å². The number of hydrogen-bond acceptors (Lipinski definition) is 5. The Balaban J connectivity index is 1.76. The summed E-state index contributed by atoms with van der Waals surface area (Å²) in [6.07, 6.45) is 2.00. The van der Waals surface area contributed by atoms with Crippen molar-refractivity contribution in [2.75, 3.05) is 18.6 Å². The van der Waals surface area contributed by atoms with E-state index in [0.717, 1.165) is 17.0 Å². The number of nitrogens with two attached hydrogens (primary N) is 2. The molecule has 2 heterocycles. The number of ether oxygens (including phenoxy) is 1. The van der Waals surface area contributed by atoms with Gasteiger partial charge in [-0.05, 0) is 59.8 Å². The Morgan fingerprint density at radius 3 is 2.57 bits per heavy atom. The van der Waals surface area contributed by atoms with Gasteiger partial charge in [0.1, 0.15) is 11.6 Å². The fraction of sp³-hybridized carbons (Fsp3) is 0.143. The van der Waals surface area contributed by atoms with Gasteiger partial charge in [0.05, 0.1) is 30.6 Å².